The maximum atomic E-state index is 12.4. The molecule has 0 aromatic heterocycles. The lowest BCUT2D eigenvalue weighted by Crippen LogP contribution is -2.44. The van der Waals surface area contributed by atoms with Crippen LogP contribution in [0.5, 0.6) is 0 Å². The van der Waals surface area contributed by atoms with Crippen LogP contribution in [0.15, 0.2) is 11.6 Å². The molecule has 3 nitrogen and oxygen atoms in total. The number of ether oxygens (including phenoxy) is 1. The van der Waals surface area contributed by atoms with Crippen LogP contribution in [-0.4, -0.2) is 36.1 Å². The third-order valence-electron chi connectivity index (χ3n) is 4.82. The molecule has 1 aliphatic carbocycles. The Hall–Kier alpha value is -0.830. The second-order valence-corrected chi connectivity index (χ2v) is 6.39. The van der Waals surface area contributed by atoms with Crippen LogP contribution in [0.2, 0.25) is 0 Å². The predicted octanol–water partition coefficient (Wildman–Crippen LogP) is 2.90. The van der Waals surface area contributed by atoms with Gasteiger partial charge in [0.25, 0.3) is 0 Å². The highest BCUT2D eigenvalue weighted by atomic mass is 16.5. The average molecular weight is 263 g/mol. The normalized spacial score (nSPS) is 34.9. The van der Waals surface area contributed by atoms with Crippen LogP contribution < -0.4 is 0 Å². The van der Waals surface area contributed by atoms with Gasteiger partial charge in [0.1, 0.15) is 0 Å². The molecule has 2 heterocycles. The van der Waals surface area contributed by atoms with Crippen molar-refractivity contribution < 1.29 is 9.53 Å². The van der Waals surface area contributed by atoms with E-state index in [0.29, 0.717) is 30.5 Å². The first-order valence-corrected chi connectivity index (χ1v) is 7.83. The Morgan fingerprint density at radius 3 is 3.16 bits per heavy atom. The number of hydrogen-bond donors (Lipinski definition) is 0. The van der Waals surface area contributed by atoms with Gasteiger partial charge in [-0.3, -0.25) is 4.79 Å². The fourth-order valence-corrected chi connectivity index (χ4v) is 3.79. The molecule has 2 saturated heterocycles. The first-order valence-electron chi connectivity index (χ1n) is 7.83. The van der Waals surface area contributed by atoms with Crippen molar-refractivity contribution >= 4 is 5.91 Å². The summed E-state index contributed by atoms with van der Waals surface area (Å²) in [5.74, 6) is 0.916. The largest absolute Gasteiger partial charge is 0.375 e. The second kappa shape index (κ2) is 5.66. The van der Waals surface area contributed by atoms with Crippen LogP contribution in [0.3, 0.4) is 0 Å². The maximum Gasteiger partial charge on any atom is 0.226 e. The van der Waals surface area contributed by atoms with E-state index in [1.165, 1.54) is 24.8 Å². The molecule has 3 atom stereocenters. The summed E-state index contributed by atoms with van der Waals surface area (Å²) in [6, 6.07) is 0. The first-order chi connectivity index (χ1) is 9.22. The van der Waals surface area contributed by atoms with Crippen molar-refractivity contribution in [2.45, 2.75) is 64.1 Å². The van der Waals surface area contributed by atoms with Gasteiger partial charge in [-0.25, -0.2) is 0 Å². The van der Waals surface area contributed by atoms with Gasteiger partial charge in [0, 0.05) is 25.4 Å². The van der Waals surface area contributed by atoms with Gasteiger partial charge in [0.05, 0.1) is 12.2 Å². The van der Waals surface area contributed by atoms with Gasteiger partial charge >= 0.3 is 0 Å². The highest BCUT2D eigenvalue weighted by molar-refractivity contribution is 5.78. The molecule has 1 amide bonds. The Labute approximate surface area is 116 Å². The van der Waals surface area contributed by atoms with Crippen molar-refractivity contribution in [2.75, 3.05) is 13.1 Å². The van der Waals surface area contributed by atoms with Crippen LogP contribution in [0.1, 0.15) is 51.9 Å². The van der Waals surface area contributed by atoms with E-state index < -0.39 is 0 Å². The summed E-state index contributed by atoms with van der Waals surface area (Å²) in [7, 11) is 0. The van der Waals surface area contributed by atoms with Crippen molar-refractivity contribution in [3.05, 3.63) is 11.6 Å². The lowest BCUT2D eigenvalue weighted by molar-refractivity contribution is -0.133. The van der Waals surface area contributed by atoms with Crippen LogP contribution in [0, 0.1) is 5.92 Å². The Morgan fingerprint density at radius 2 is 2.37 bits per heavy atom. The summed E-state index contributed by atoms with van der Waals surface area (Å²) in [5, 5.41) is 0. The third-order valence-corrected chi connectivity index (χ3v) is 4.82. The Morgan fingerprint density at radius 1 is 1.47 bits per heavy atom. The van der Waals surface area contributed by atoms with Crippen LogP contribution in [-0.2, 0) is 9.53 Å². The molecule has 0 bridgehead atoms. The number of nitrogens with zero attached hydrogens (tertiary/aromatic N) is 1. The first kappa shape index (κ1) is 13.2. The fourth-order valence-electron chi connectivity index (χ4n) is 3.79. The van der Waals surface area contributed by atoms with E-state index >= 15 is 0 Å². The summed E-state index contributed by atoms with van der Waals surface area (Å²) >= 11 is 0. The van der Waals surface area contributed by atoms with E-state index in [1.807, 2.05) is 0 Å². The number of amides is 1. The van der Waals surface area contributed by atoms with Gasteiger partial charge in [-0.1, -0.05) is 11.6 Å². The van der Waals surface area contributed by atoms with Crippen molar-refractivity contribution in [3.63, 3.8) is 0 Å². The number of carbonyl (C=O) groups is 1. The standard InChI is InChI=1S/C16H25NO2/c1-12-9-14-11-17(8-7-15(14)19-12)16(18)10-13-5-3-2-4-6-13/h5,12,14-15H,2-4,6-11H2,1H3/t12-,14-,15+/m0/s1. The maximum absolute atomic E-state index is 12.4. The summed E-state index contributed by atoms with van der Waals surface area (Å²) in [6.07, 6.45) is 10.7. The number of carbonyl (C=O) groups excluding carboxylic acids is 1. The number of hydrogen-bond acceptors (Lipinski definition) is 2. The fraction of sp³-hybridized carbons (Fsp3) is 0.812. The number of piperidine rings is 1. The topological polar surface area (TPSA) is 29.5 Å². The molecule has 0 saturated carbocycles. The molecule has 0 N–H and O–H groups in total. The molecule has 3 rings (SSSR count). The minimum atomic E-state index is 0.339. The van der Waals surface area contributed by atoms with Gasteiger partial charge in [-0.05, 0) is 45.4 Å². The minimum absolute atomic E-state index is 0.339. The van der Waals surface area contributed by atoms with Crippen molar-refractivity contribution in [1.29, 1.82) is 0 Å². The van der Waals surface area contributed by atoms with E-state index in [2.05, 4.69) is 17.9 Å². The van der Waals surface area contributed by atoms with Crippen molar-refractivity contribution in [3.8, 4) is 0 Å². The number of rotatable bonds is 2. The highest BCUT2D eigenvalue weighted by Crippen LogP contribution is 2.33. The lowest BCUT2D eigenvalue weighted by Gasteiger charge is -2.34. The van der Waals surface area contributed by atoms with Gasteiger partial charge in [-0.15, -0.1) is 0 Å². The molecule has 19 heavy (non-hydrogen) atoms. The van der Waals surface area contributed by atoms with Crippen LogP contribution in [0.25, 0.3) is 0 Å². The van der Waals surface area contributed by atoms with E-state index in [1.54, 1.807) is 0 Å². The molecule has 0 unspecified atom stereocenters. The average Bonchev–Trinajstić information content (AvgIpc) is 2.78. The van der Waals surface area contributed by atoms with Gasteiger partial charge in [0.15, 0.2) is 0 Å². The van der Waals surface area contributed by atoms with Gasteiger partial charge in [-0.2, -0.15) is 0 Å². The van der Waals surface area contributed by atoms with Crippen molar-refractivity contribution in [1.82, 2.24) is 4.90 Å². The number of allylic oxidation sites excluding steroid dienone is 1. The van der Waals surface area contributed by atoms with Gasteiger partial charge in [0.2, 0.25) is 5.91 Å². The lowest BCUT2D eigenvalue weighted by atomic mass is 9.92. The minimum Gasteiger partial charge on any atom is -0.375 e. The molecule has 3 heteroatoms. The molecule has 3 aliphatic rings. The summed E-state index contributed by atoms with van der Waals surface area (Å²) in [5.41, 5.74) is 1.37. The van der Waals surface area contributed by atoms with Crippen LogP contribution in [0.4, 0.5) is 0 Å². The molecular weight excluding hydrogens is 238 g/mol. The van der Waals surface area contributed by atoms with E-state index in [9.17, 15) is 4.79 Å². The zero-order chi connectivity index (χ0) is 13.2. The van der Waals surface area contributed by atoms with Gasteiger partial charge < -0.3 is 9.64 Å². The third kappa shape index (κ3) is 3.02. The molecule has 0 aromatic carbocycles. The Kier molecular flexibility index (Phi) is 3.92. The monoisotopic (exact) mass is 263 g/mol. The van der Waals surface area contributed by atoms with Crippen LogP contribution >= 0.6 is 0 Å². The zero-order valence-electron chi connectivity index (χ0n) is 11.9. The smallest absolute Gasteiger partial charge is 0.226 e. The number of fused-ring (bicyclic) bond motifs is 1. The molecule has 2 aliphatic heterocycles. The van der Waals surface area contributed by atoms with Crippen molar-refractivity contribution in [2.24, 2.45) is 5.92 Å². The number of likely N-dealkylation sites (tertiary alicyclic amines) is 1. The molecule has 0 radical (unpaired) electrons. The summed E-state index contributed by atoms with van der Waals surface area (Å²) in [4.78, 5) is 14.5. The van der Waals surface area contributed by atoms with E-state index in [4.69, 9.17) is 4.74 Å². The molecule has 0 aromatic rings. The summed E-state index contributed by atoms with van der Waals surface area (Å²) < 4.78 is 5.89. The quantitative estimate of drug-likeness (QED) is 0.717. The Bertz CT molecular complexity index is 377. The highest BCUT2D eigenvalue weighted by Gasteiger charge is 2.38. The zero-order valence-corrected chi connectivity index (χ0v) is 11.9. The molecule has 2 fully saturated rings. The summed E-state index contributed by atoms with van der Waals surface area (Å²) in [6.45, 7) is 3.96. The second-order valence-electron chi connectivity index (χ2n) is 6.39. The Balaban J connectivity index is 1.54. The molecule has 106 valence electrons. The molecular formula is C16H25NO2. The van der Waals surface area contributed by atoms with E-state index in [0.717, 1.165) is 32.4 Å². The SMILES string of the molecule is C[C@H]1C[C@H]2CN(C(=O)CC3=CCCCC3)CC[C@H]2O1. The van der Waals surface area contributed by atoms with E-state index in [-0.39, 0.29) is 0 Å². The predicted molar refractivity (Wildman–Crippen MR) is 74.8 cm³/mol. The molecule has 0 spiro atoms.